The minimum atomic E-state index is -0.412. The number of H-pyrrole nitrogens is 1. The van der Waals surface area contributed by atoms with Crippen molar-refractivity contribution in [3.05, 3.63) is 58.1 Å². The average Bonchev–Trinajstić information content (AvgIpc) is 2.59. The number of aromatic amines is 1. The minimum Gasteiger partial charge on any atom is -0.373 e. The van der Waals surface area contributed by atoms with Crippen LogP contribution in [0.2, 0.25) is 5.02 Å². The predicted octanol–water partition coefficient (Wildman–Crippen LogP) is 4.78. The van der Waals surface area contributed by atoms with Crippen LogP contribution in [0.15, 0.2) is 42.6 Å². The molecule has 8 heteroatoms. The summed E-state index contributed by atoms with van der Waals surface area (Å²) in [5, 5.41) is 13.4. The molecule has 0 saturated heterocycles. The van der Waals surface area contributed by atoms with E-state index in [1.54, 1.807) is 25.4 Å². The lowest BCUT2D eigenvalue weighted by atomic mass is 10.1. The number of aromatic nitrogens is 3. The van der Waals surface area contributed by atoms with Gasteiger partial charge in [0.1, 0.15) is 16.3 Å². The highest BCUT2D eigenvalue weighted by Crippen LogP contribution is 2.27. The van der Waals surface area contributed by atoms with Crippen LogP contribution in [0.5, 0.6) is 0 Å². The van der Waals surface area contributed by atoms with Crippen LogP contribution >= 0.6 is 23.8 Å². The van der Waals surface area contributed by atoms with Crippen LogP contribution in [0.3, 0.4) is 0 Å². The van der Waals surface area contributed by atoms with Gasteiger partial charge in [-0.05, 0) is 30.3 Å². The van der Waals surface area contributed by atoms with E-state index in [4.69, 9.17) is 23.8 Å². The summed E-state index contributed by atoms with van der Waals surface area (Å²) in [7, 11) is 1.78. The molecular weight excluding hydrogens is 349 g/mol. The molecule has 1 aromatic carbocycles. The van der Waals surface area contributed by atoms with Crippen molar-refractivity contribution in [3.8, 4) is 11.3 Å². The van der Waals surface area contributed by atoms with Crippen molar-refractivity contribution in [1.29, 1.82) is 0 Å². The SMILES string of the molecule is CNc1cc(Nc2cc(-c3cc(Cl)ccc3F)n[nH]c2=S)ccn1. The van der Waals surface area contributed by atoms with E-state index in [0.29, 0.717) is 32.4 Å². The molecule has 3 rings (SSSR count). The van der Waals surface area contributed by atoms with Gasteiger partial charge in [0.2, 0.25) is 0 Å². The third kappa shape index (κ3) is 3.52. The highest BCUT2D eigenvalue weighted by atomic mass is 35.5. The fraction of sp³-hybridized carbons (Fsp3) is 0.0625. The van der Waals surface area contributed by atoms with E-state index < -0.39 is 5.82 Å². The number of hydrogen-bond donors (Lipinski definition) is 3. The zero-order valence-electron chi connectivity index (χ0n) is 12.6. The van der Waals surface area contributed by atoms with Crippen molar-refractivity contribution in [3.63, 3.8) is 0 Å². The van der Waals surface area contributed by atoms with Crippen LogP contribution in [0.25, 0.3) is 11.3 Å². The summed E-state index contributed by atoms with van der Waals surface area (Å²) in [6, 6.07) is 9.61. The molecule has 0 bridgehead atoms. The second-order valence-electron chi connectivity index (χ2n) is 4.92. The van der Waals surface area contributed by atoms with E-state index in [9.17, 15) is 4.39 Å². The van der Waals surface area contributed by atoms with Crippen LogP contribution in [0.1, 0.15) is 0 Å². The minimum absolute atomic E-state index is 0.294. The van der Waals surface area contributed by atoms with E-state index >= 15 is 0 Å². The van der Waals surface area contributed by atoms with E-state index in [1.165, 1.54) is 18.2 Å². The van der Waals surface area contributed by atoms with Gasteiger partial charge in [-0.3, -0.25) is 5.10 Å². The normalized spacial score (nSPS) is 10.5. The molecule has 2 aromatic heterocycles. The maximum Gasteiger partial charge on any atom is 0.143 e. The Morgan fingerprint density at radius 1 is 1.21 bits per heavy atom. The molecule has 0 aliphatic carbocycles. The fourth-order valence-electron chi connectivity index (χ4n) is 2.13. The Morgan fingerprint density at radius 3 is 2.83 bits per heavy atom. The van der Waals surface area contributed by atoms with Gasteiger partial charge in [-0.15, -0.1) is 0 Å². The number of rotatable bonds is 4. The zero-order chi connectivity index (χ0) is 17.1. The van der Waals surface area contributed by atoms with Gasteiger partial charge < -0.3 is 10.6 Å². The molecule has 24 heavy (non-hydrogen) atoms. The maximum absolute atomic E-state index is 14.0. The Bertz CT molecular complexity index is 944. The van der Waals surface area contributed by atoms with Crippen LogP contribution in [-0.4, -0.2) is 22.2 Å². The van der Waals surface area contributed by atoms with Crippen LogP contribution in [0, 0.1) is 10.5 Å². The fourth-order valence-corrected chi connectivity index (χ4v) is 2.46. The van der Waals surface area contributed by atoms with E-state index in [-0.39, 0.29) is 0 Å². The lowest BCUT2D eigenvalue weighted by Gasteiger charge is -2.10. The van der Waals surface area contributed by atoms with Gasteiger partial charge in [0.25, 0.3) is 0 Å². The number of halogens is 2. The standard InChI is InChI=1S/C16H13ClFN5S/c1-19-15-7-10(4-5-20-15)21-14-8-13(22-23-16(14)24)11-6-9(17)2-3-12(11)18/h2-8H,1H3,(H,23,24)(H2,19,20,21,22). The van der Waals surface area contributed by atoms with E-state index in [1.807, 2.05) is 6.07 Å². The molecule has 0 aliphatic heterocycles. The summed E-state index contributed by atoms with van der Waals surface area (Å²) in [6.07, 6.45) is 1.67. The monoisotopic (exact) mass is 361 g/mol. The molecule has 0 spiro atoms. The Labute approximate surface area is 147 Å². The predicted molar refractivity (Wildman–Crippen MR) is 96.9 cm³/mol. The second-order valence-corrected chi connectivity index (χ2v) is 5.77. The van der Waals surface area contributed by atoms with Crippen LogP contribution < -0.4 is 10.6 Å². The molecule has 122 valence electrons. The van der Waals surface area contributed by atoms with Gasteiger partial charge >= 0.3 is 0 Å². The van der Waals surface area contributed by atoms with Crippen molar-refractivity contribution in [2.45, 2.75) is 0 Å². The topological polar surface area (TPSA) is 65.6 Å². The van der Waals surface area contributed by atoms with E-state index in [2.05, 4.69) is 25.8 Å². The third-order valence-electron chi connectivity index (χ3n) is 3.30. The Morgan fingerprint density at radius 2 is 2.04 bits per heavy atom. The molecule has 3 aromatic rings. The Hall–Kier alpha value is -2.51. The summed E-state index contributed by atoms with van der Waals surface area (Å²) in [5.41, 5.74) is 2.08. The molecule has 0 atom stereocenters. The molecule has 0 unspecified atom stereocenters. The van der Waals surface area contributed by atoms with Crippen molar-refractivity contribution >= 4 is 41.0 Å². The number of hydrogen-bond acceptors (Lipinski definition) is 5. The molecule has 0 fully saturated rings. The third-order valence-corrected chi connectivity index (χ3v) is 3.85. The highest BCUT2D eigenvalue weighted by molar-refractivity contribution is 7.71. The van der Waals surface area contributed by atoms with Gasteiger partial charge in [-0.1, -0.05) is 23.8 Å². The molecular formula is C16H13ClFN5S. The molecule has 0 radical (unpaired) electrons. The quantitative estimate of drug-likeness (QED) is 0.584. The van der Waals surface area contributed by atoms with Crippen molar-refractivity contribution < 1.29 is 4.39 Å². The van der Waals surface area contributed by atoms with Crippen LogP contribution in [0.4, 0.5) is 21.6 Å². The summed E-state index contributed by atoms with van der Waals surface area (Å²) < 4.78 is 14.4. The lowest BCUT2D eigenvalue weighted by molar-refractivity contribution is 0.630. The first-order valence-electron chi connectivity index (χ1n) is 7.03. The second kappa shape index (κ2) is 6.94. The molecule has 0 saturated carbocycles. The summed E-state index contributed by atoms with van der Waals surface area (Å²) in [6.45, 7) is 0. The molecule has 0 amide bonds. The first kappa shape index (κ1) is 16.4. The summed E-state index contributed by atoms with van der Waals surface area (Å²) >= 11 is 11.2. The summed E-state index contributed by atoms with van der Waals surface area (Å²) in [5.74, 6) is 0.301. The molecule has 2 heterocycles. The smallest absolute Gasteiger partial charge is 0.143 e. The van der Waals surface area contributed by atoms with Gasteiger partial charge in [-0.25, -0.2) is 9.37 Å². The number of nitrogens with one attached hydrogen (secondary N) is 3. The first-order chi connectivity index (χ1) is 11.6. The summed E-state index contributed by atoms with van der Waals surface area (Å²) in [4.78, 5) is 4.15. The van der Waals surface area contributed by atoms with Crippen molar-refractivity contribution in [1.82, 2.24) is 15.2 Å². The number of benzene rings is 1. The molecule has 0 aliphatic rings. The van der Waals surface area contributed by atoms with Gasteiger partial charge in [0.05, 0.1) is 11.4 Å². The molecule has 5 nitrogen and oxygen atoms in total. The highest BCUT2D eigenvalue weighted by Gasteiger charge is 2.10. The largest absolute Gasteiger partial charge is 0.373 e. The Balaban J connectivity index is 2.00. The zero-order valence-corrected chi connectivity index (χ0v) is 14.2. The van der Waals surface area contributed by atoms with Crippen molar-refractivity contribution in [2.24, 2.45) is 0 Å². The first-order valence-corrected chi connectivity index (χ1v) is 7.81. The number of nitrogens with zero attached hydrogens (tertiary/aromatic N) is 2. The lowest BCUT2D eigenvalue weighted by Crippen LogP contribution is -1.99. The van der Waals surface area contributed by atoms with Crippen LogP contribution in [-0.2, 0) is 0 Å². The Kier molecular flexibility index (Phi) is 4.73. The van der Waals surface area contributed by atoms with Gasteiger partial charge in [-0.2, -0.15) is 5.10 Å². The molecule has 3 N–H and O–H groups in total. The van der Waals surface area contributed by atoms with Gasteiger partial charge in [0, 0.05) is 35.6 Å². The average molecular weight is 362 g/mol. The number of anilines is 3. The van der Waals surface area contributed by atoms with Crippen molar-refractivity contribution in [2.75, 3.05) is 17.7 Å². The maximum atomic E-state index is 14.0. The number of pyridine rings is 1. The van der Waals surface area contributed by atoms with E-state index in [0.717, 1.165) is 5.69 Å². The van der Waals surface area contributed by atoms with Gasteiger partial charge in [0.15, 0.2) is 0 Å².